The fourth-order valence-electron chi connectivity index (χ4n) is 2.43. The third kappa shape index (κ3) is 7.02. The molecule has 146 valence electrons. The van der Waals surface area contributed by atoms with E-state index in [-0.39, 0.29) is 31.5 Å². The second-order valence-corrected chi connectivity index (χ2v) is 5.96. The predicted molar refractivity (Wildman–Crippen MR) is 107 cm³/mol. The van der Waals surface area contributed by atoms with E-state index in [1.807, 2.05) is 54.6 Å². The third-order valence-electron chi connectivity index (χ3n) is 3.92. The first-order valence-electron chi connectivity index (χ1n) is 8.32. The summed E-state index contributed by atoms with van der Waals surface area (Å²) in [6, 6.07) is 16.0. The van der Waals surface area contributed by atoms with Crippen LogP contribution in [-0.4, -0.2) is 38.7 Å². The van der Waals surface area contributed by atoms with Crippen LogP contribution in [0.4, 0.5) is 5.69 Å². The maximum atomic E-state index is 12.1. The molecule has 1 amide bonds. The van der Waals surface area contributed by atoms with E-state index in [1.54, 1.807) is 7.05 Å². The zero-order valence-electron chi connectivity index (χ0n) is 15.5. The molecular formula is C20H25ClN2O4. The SMILES string of the molecule is COCC(=O)N(C)c1cccc(C[C@H](N)C(=O)OCc2ccccc2)c1.Cl. The normalized spacial score (nSPS) is 11.2. The fourth-order valence-corrected chi connectivity index (χ4v) is 2.43. The van der Waals surface area contributed by atoms with Gasteiger partial charge < -0.3 is 20.1 Å². The average Bonchev–Trinajstić information content (AvgIpc) is 2.66. The first-order valence-corrected chi connectivity index (χ1v) is 8.32. The number of anilines is 1. The smallest absolute Gasteiger partial charge is 0.323 e. The quantitative estimate of drug-likeness (QED) is 0.697. The molecule has 0 fully saturated rings. The van der Waals surface area contributed by atoms with Crippen LogP contribution in [0.15, 0.2) is 54.6 Å². The van der Waals surface area contributed by atoms with Crippen LogP contribution >= 0.6 is 12.4 Å². The second kappa shape index (κ2) is 11.3. The molecule has 2 aromatic carbocycles. The molecule has 0 aliphatic carbocycles. The van der Waals surface area contributed by atoms with Gasteiger partial charge >= 0.3 is 5.97 Å². The van der Waals surface area contributed by atoms with Gasteiger partial charge in [-0.25, -0.2) is 0 Å². The predicted octanol–water partition coefficient (Wildman–Crippen LogP) is 2.33. The second-order valence-electron chi connectivity index (χ2n) is 5.96. The first kappa shape index (κ1) is 22.6. The van der Waals surface area contributed by atoms with E-state index in [9.17, 15) is 9.59 Å². The van der Waals surface area contributed by atoms with Crippen molar-refractivity contribution in [2.75, 3.05) is 25.7 Å². The van der Waals surface area contributed by atoms with Crippen molar-refractivity contribution in [3.8, 4) is 0 Å². The largest absolute Gasteiger partial charge is 0.460 e. The number of benzene rings is 2. The Morgan fingerprint density at radius 3 is 2.41 bits per heavy atom. The number of rotatable bonds is 8. The number of likely N-dealkylation sites (N-methyl/N-ethyl adjacent to an activating group) is 1. The van der Waals surface area contributed by atoms with Gasteiger partial charge in [-0.05, 0) is 29.7 Å². The molecule has 7 heteroatoms. The number of carbonyl (C=O) groups is 2. The van der Waals surface area contributed by atoms with E-state index in [1.165, 1.54) is 12.0 Å². The van der Waals surface area contributed by atoms with Crippen molar-refractivity contribution in [2.24, 2.45) is 5.73 Å². The van der Waals surface area contributed by atoms with Crippen LogP contribution in [0.3, 0.4) is 0 Å². The van der Waals surface area contributed by atoms with E-state index < -0.39 is 12.0 Å². The number of methoxy groups -OCH3 is 1. The standard InChI is InChI=1S/C20H24N2O4.ClH/c1-22(19(23)14-25-2)17-10-6-9-16(11-17)12-18(21)20(24)26-13-15-7-4-3-5-8-15;/h3-11,18H,12-14,21H2,1-2H3;1H/t18-;/m0./s1. The lowest BCUT2D eigenvalue weighted by atomic mass is 10.1. The Kier molecular flexibility index (Phi) is 9.50. The summed E-state index contributed by atoms with van der Waals surface area (Å²) in [4.78, 5) is 25.5. The molecule has 0 saturated carbocycles. The van der Waals surface area contributed by atoms with Gasteiger partial charge in [0, 0.05) is 19.8 Å². The number of hydrogen-bond acceptors (Lipinski definition) is 5. The van der Waals surface area contributed by atoms with Gasteiger partial charge in [-0.2, -0.15) is 0 Å². The van der Waals surface area contributed by atoms with Gasteiger partial charge in [-0.3, -0.25) is 9.59 Å². The number of hydrogen-bond donors (Lipinski definition) is 1. The maximum absolute atomic E-state index is 12.1. The summed E-state index contributed by atoms with van der Waals surface area (Å²) in [6.45, 7) is 0.202. The van der Waals surface area contributed by atoms with E-state index in [4.69, 9.17) is 15.2 Å². The number of ether oxygens (including phenoxy) is 2. The maximum Gasteiger partial charge on any atom is 0.323 e. The molecule has 0 radical (unpaired) electrons. The molecule has 0 unspecified atom stereocenters. The van der Waals surface area contributed by atoms with Crippen molar-refractivity contribution >= 4 is 30.0 Å². The van der Waals surface area contributed by atoms with Gasteiger partial charge in [0.2, 0.25) is 0 Å². The van der Waals surface area contributed by atoms with Gasteiger partial charge in [-0.15, -0.1) is 12.4 Å². The zero-order valence-corrected chi connectivity index (χ0v) is 16.3. The molecule has 0 aliphatic rings. The Hall–Kier alpha value is -2.41. The number of nitrogens with zero attached hydrogens (tertiary/aromatic N) is 1. The lowest BCUT2D eigenvalue weighted by Gasteiger charge is -2.18. The van der Waals surface area contributed by atoms with E-state index in [2.05, 4.69) is 0 Å². The van der Waals surface area contributed by atoms with Crippen molar-refractivity contribution in [2.45, 2.75) is 19.1 Å². The number of carbonyl (C=O) groups excluding carboxylic acids is 2. The Bertz CT molecular complexity index is 740. The fraction of sp³-hybridized carbons (Fsp3) is 0.300. The molecule has 6 nitrogen and oxygen atoms in total. The molecule has 0 heterocycles. The zero-order chi connectivity index (χ0) is 18.9. The minimum absolute atomic E-state index is 0. The summed E-state index contributed by atoms with van der Waals surface area (Å²) in [5, 5.41) is 0. The molecule has 27 heavy (non-hydrogen) atoms. The van der Waals surface area contributed by atoms with Crippen LogP contribution < -0.4 is 10.6 Å². The van der Waals surface area contributed by atoms with Crippen molar-refractivity contribution < 1.29 is 19.1 Å². The van der Waals surface area contributed by atoms with Crippen molar-refractivity contribution in [3.05, 3.63) is 65.7 Å². The van der Waals surface area contributed by atoms with Gasteiger partial charge in [-0.1, -0.05) is 42.5 Å². The molecule has 0 aliphatic heterocycles. The molecule has 2 N–H and O–H groups in total. The molecule has 0 bridgehead atoms. The van der Waals surface area contributed by atoms with Gasteiger partial charge in [0.25, 0.3) is 5.91 Å². The molecular weight excluding hydrogens is 368 g/mol. The minimum atomic E-state index is -0.769. The summed E-state index contributed by atoms with van der Waals surface area (Å²) in [5.74, 6) is -0.612. The topological polar surface area (TPSA) is 81.9 Å². The Morgan fingerprint density at radius 2 is 1.74 bits per heavy atom. The van der Waals surface area contributed by atoms with E-state index >= 15 is 0 Å². The van der Waals surface area contributed by atoms with Crippen LogP contribution in [0.25, 0.3) is 0 Å². The highest BCUT2D eigenvalue weighted by atomic mass is 35.5. The summed E-state index contributed by atoms with van der Waals surface area (Å²) in [5.41, 5.74) is 8.45. The Balaban J connectivity index is 0.00000364. The number of amides is 1. The summed E-state index contributed by atoms with van der Waals surface area (Å²) < 4.78 is 10.1. The van der Waals surface area contributed by atoms with E-state index in [0.29, 0.717) is 6.42 Å². The lowest BCUT2D eigenvalue weighted by molar-refractivity contribution is -0.146. The van der Waals surface area contributed by atoms with Crippen LogP contribution in [0.1, 0.15) is 11.1 Å². The minimum Gasteiger partial charge on any atom is -0.460 e. The highest BCUT2D eigenvalue weighted by Crippen LogP contribution is 2.16. The lowest BCUT2D eigenvalue weighted by Crippen LogP contribution is -2.34. The third-order valence-corrected chi connectivity index (χ3v) is 3.92. The number of esters is 1. The molecule has 2 rings (SSSR count). The molecule has 2 aromatic rings. The van der Waals surface area contributed by atoms with Crippen molar-refractivity contribution in [1.82, 2.24) is 0 Å². The molecule has 0 aromatic heterocycles. The Labute approximate surface area is 165 Å². The highest BCUT2D eigenvalue weighted by molar-refractivity contribution is 5.93. The number of nitrogens with two attached hydrogens (primary N) is 1. The van der Waals surface area contributed by atoms with Gasteiger partial charge in [0.05, 0.1) is 0 Å². The van der Waals surface area contributed by atoms with Crippen LogP contribution in [0.2, 0.25) is 0 Å². The van der Waals surface area contributed by atoms with Crippen molar-refractivity contribution in [1.29, 1.82) is 0 Å². The summed E-state index contributed by atoms with van der Waals surface area (Å²) in [7, 11) is 3.15. The van der Waals surface area contributed by atoms with Gasteiger partial charge in [0.1, 0.15) is 19.3 Å². The molecule has 1 atom stereocenters. The summed E-state index contributed by atoms with van der Waals surface area (Å²) >= 11 is 0. The average molecular weight is 393 g/mol. The monoisotopic (exact) mass is 392 g/mol. The van der Waals surface area contributed by atoms with Crippen molar-refractivity contribution in [3.63, 3.8) is 0 Å². The molecule has 0 spiro atoms. The Morgan fingerprint density at radius 1 is 1.07 bits per heavy atom. The number of halogens is 1. The van der Waals surface area contributed by atoms with Crippen LogP contribution in [0.5, 0.6) is 0 Å². The van der Waals surface area contributed by atoms with Gasteiger partial charge in [0.15, 0.2) is 0 Å². The first-order chi connectivity index (χ1) is 12.5. The van der Waals surface area contributed by atoms with E-state index in [0.717, 1.165) is 16.8 Å². The molecule has 0 saturated heterocycles. The summed E-state index contributed by atoms with van der Waals surface area (Å²) in [6.07, 6.45) is 0.327. The van der Waals surface area contributed by atoms with Crippen LogP contribution in [0, 0.1) is 0 Å². The van der Waals surface area contributed by atoms with Crippen LogP contribution in [-0.2, 0) is 32.1 Å². The highest BCUT2D eigenvalue weighted by Gasteiger charge is 2.17.